The van der Waals surface area contributed by atoms with Crippen molar-refractivity contribution < 1.29 is 0 Å². The Bertz CT molecular complexity index is 115. The lowest BCUT2D eigenvalue weighted by Gasteiger charge is -2.31. The van der Waals surface area contributed by atoms with E-state index in [2.05, 4.69) is 30.5 Å². The van der Waals surface area contributed by atoms with Gasteiger partial charge in [-0.25, -0.2) is 0 Å². The molecule has 0 aromatic carbocycles. The Labute approximate surface area is 73.5 Å². The van der Waals surface area contributed by atoms with Gasteiger partial charge in [0.25, 0.3) is 0 Å². The van der Waals surface area contributed by atoms with Crippen LogP contribution in [0.1, 0.15) is 13.8 Å². The van der Waals surface area contributed by atoms with E-state index in [1.54, 1.807) is 0 Å². The summed E-state index contributed by atoms with van der Waals surface area (Å²) < 4.78 is 0. The number of hydrogen-bond acceptors (Lipinski definition) is 3. The van der Waals surface area contributed by atoms with Crippen LogP contribution in [0, 0.1) is 0 Å². The van der Waals surface area contributed by atoms with Crippen LogP contribution < -0.4 is 5.73 Å². The average molecular weight is 174 g/mol. The summed E-state index contributed by atoms with van der Waals surface area (Å²) in [7, 11) is 0. The van der Waals surface area contributed by atoms with E-state index in [1.807, 2.05) is 0 Å². The standard InChI is InChI=1S/C8H18N2S/c1-7(9)5-10-3-4-11-8(2)6-10/h7-8H,3-6,9H2,1-2H3/t7-,8?/m0/s1. The van der Waals surface area contributed by atoms with Crippen LogP contribution in [0.3, 0.4) is 0 Å². The summed E-state index contributed by atoms with van der Waals surface area (Å²) in [5.41, 5.74) is 5.72. The molecule has 2 atom stereocenters. The lowest BCUT2D eigenvalue weighted by molar-refractivity contribution is 0.273. The van der Waals surface area contributed by atoms with E-state index >= 15 is 0 Å². The van der Waals surface area contributed by atoms with Gasteiger partial charge in [-0.05, 0) is 6.92 Å². The first-order valence-electron chi connectivity index (χ1n) is 4.28. The number of nitrogens with zero attached hydrogens (tertiary/aromatic N) is 1. The van der Waals surface area contributed by atoms with Crippen molar-refractivity contribution in [2.75, 3.05) is 25.4 Å². The molecule has 1 saturated heterocycles. The van der Waals surface area contributed by atoms with E-state index in [0.29, 0.717) is 6.04 Å². The van der Waals surface area contributed by atoms with Crippen molar-refractivity contribution in [3.63, 3.8) is 0 Å². The molecule has 1 unspecified atom stereocenters. The van der Waals surface area contributed by atoms with Gasteiger partial charge in [0, 0.05) is 36.7 Å². The first kappa shape index (κ1) is 9.36. The number of rotatable bonds is 2. The van der Waals surface area contributed by atoms with Crippen LogP contribution in [0.4, 0.5) is 0 Å². The van der Waals surface area contributed by atoms with E-state index < -0.39 is 0 Å². The summed E-state index contributed by atoms with van der Waals surface area (Å²) in [6, 6.07) is 0.324. The maximum atomic E-state index is 5.72. The third-order valence-electron chi connectivity index (χ3n) is 1.87. The minimum absolute atomic E-state index is 0.324. The Balaban J connectivity index is 2.23. The van der Waals surface area contributed by atoms with Gasteiger partial charge in [0.15, 0.2) is 0 Å². The van der Waals surface area contributed by atoms with Gasteiger partial charge in [-0.1, -0.05) is 6.92 Å². The van der Waals surface area contributed by atoms with Gasteiger partial charge < -0.3 is 5.73 Å². The first-order chi connectivity index (χ1) is 5.18. The summed E-state index contributed by atoms with van der Waals surface area (Å²) in [4.78, 5) is 2.46. The van der Waals surface area contributed by atoms with Gasteiger partial charge in [-0.15, -0.1) is 0 Å². The van der Waals surface area contributed by atoms with Crippen molar-refractivity contribution >= 4 is 11.8 Å². The monoisotopic (exact) mass is 174 g/mol. The quantitative estimate of drug-likeness (QED) is 0.670. The Morgan fingerprint density at radius 3 is 3.00 bits per heavy atom. The third-order valence-corrected chi connectivity index (χ3v) is 3.01. The third kappa shape index (κ3) is 3.45. The zero-order valence-electron chi connectivity index (χ0n) is 7.42. The summed E-state index contributed by atoms with van der Waals surface area (Å²) in [5.74, 6) is 1.27. The van der Waals surface area contributed by atoms with Crippen molar-refractivity contribution in [3.8, 4) is 0 Å². The smallest absolute Gasteiger partial charge is 0.0147 e. The van der Waals surface area contributed by atoms with Gasteiger partial charge in [0.2, 0.25) is 0 Å². The van der Waals surface area contributed by atoms with Gasteiger partial charge in [-0.3, -0.25) is 4.90 Å². The molecule has 0 aromatic heterocycles. The van der Waals surface area contributed by atoms with Gasteiger partial charge in [0.05, 0.1) is 0 Å². The van der Waals surface area contributed by atoms with Crippen molar-refractivity contribution in [2.45, 2.75) is 25.1 Å². The van der Waals surface area contributed by atoms with Crippen LogP contribution in [0.15, 0.2) is 0 Å². The summed E-state index contributed by atoms with van der Waals surface area (Å²) >= 11 is 2.07. The fraction of sp³-hybridized carbons (Fsp3) is 1.00. The number of hydrogen-bond donors (Lipinski definition) is 1. The normalized spacial score (nSPS) is 30.3. The van der Waals surface area contributed by atoms with Crippen LogP contribution in [0.25, 0.3) is 0 Å². The van der Waals surface area contributed by atoms with Crippen molar-refractivity contribution in [3.05, 3.63) is 0 Å². The van der Waals surface area contributed by atoms with Crippen LogP contribution in [0.2, 0.25) is 0 Å². The van der Waals surface area contributed by atoms with Crippen LogP contribution in [-0.2, 0) is 0 Å². The average Bonchev–Trinajstić information content (AvgIpc) is 1.85. The zero-order valence-corrected chi connectivity index (χ0v) is 8.23. The lowest BCUT2D eigenvalue weighted by Crippen LogP contribution is -2.42. The highest BCUT2D eigenvalue weighted by molar-refractivity contribution is 7.99. The van der Waals surface area contributed by atoms with Crippen LogP contribution >= 0.6 is 11.8 Å². The molecule has 1 aliphatic heterocycles. The molecule has 0 aliphatic carbocycles. The van der Waals surface area contributed by atoms with Gasteiger partial charge >= 0.3 is 0 Å². The molecular weight excluding hydrogens is 156 g/mol. The maximum Gasteiger partial charge on any atom is 0.0147 e. The molecule has 1 aliphatic rings. The molecule has 3 heteroatoms. The Morgan fingerprint density at radius 2 is 2.45 bits per heavy atom. The highest BCUT2D eigenvalue weighted by Gasteiger charge is 2.16. The molecule has 1 heterocycles. The van der Waals surface area contributed by atoms with Crippen LogP contribution in [0.5, 0.6) is 0 Å². The van der Waals surface area contributed by atoms with Crippen LogP contribution in [-0.4, -0.2) is 41.6 Å². The minimum atomic E-state index is 0.324. The van der Waals surface area contributed by atoms with Gasteiger partial charge in [-0.2, -0.15) is 11.8 Å². The molecule has 11 heavy (non-hydrogen) atoms. The number of thioether (sulfide) groups is 1. The summed E-state index contributed by atoms with van der Waals surface area (Å²) in [6.45, 7) is 7.86. The Morgan fingerprint density at radius 1 is 1.73 bits per heavy atom. The molecule has 1 rings (SSSR count). The molecule has 0 radical (unpaired) electrons. The topological polar surface area (TPSA) is 29.3 Å². The molecule has 1 fully saturated rings. The molecule has 0 spiro atoms. The van der Waals surface area contributed by atoms with E-state index in [1.165, 1.54) is 18.8 Å². The molecular formula is C8H18N2S. The second-order valence-electron chi connectivity index (χ2n) is 3.42. The van der Waals surface area contributed by atoms with E-state index in [0.717, 1.165) is 11.8 Å². The molecule has 0 aromatic rings. The summed E-state index contributed by atoms with van der Waals surface area (Å²) in [6.07, 6.45) is 0. The molecule has 0 saturated carbocycles. The van der Waals surface area contributed by atoms with Crippen molar-refractivity contribution in [1.29, 1.82) is 0 Å². The predicted molar refractivity (Wildman–Crippen MR) is 52.0 cm³/mol. The van der Waals surface area contributed by atoms with Crippen molar-refractivity contribution in [1.82, 2.24) is 4.90 Å². The lowest BCUT2D eigenvalue weighted by atomic mass is 10.3. The fourth-order valence-corrected chi connectivity index (χ4v) is 2.55. The highest BCUT2D eigenvalue weighted by atomic mass is 32.2. The predicted octanol–water partition coefficient (Wildman–Crippen LogP) is 0.771. The molecule has 2 N–H and O–H groups in total. The fourth-order valence-electron chi connectivity index (χ4n) is 1.46. The van der Waals surface area contributed by atoms with E-state index in [9.17, 15) is 0 Å². The minimum Gasteiger partial charge on any atom is -0.327 e. The highest BCUT2D eigenvalue weighted by Crippen LogP contribution is 2.17. The summed E-state index contributed by atoms with van der Waals surface area (Å²) in [5, 5.41) is 0.794. The van der Waals surface area contributed by atoms with E-state index in [4.69, 9.17) is 5.73 Å². The molecule has 2 nitrogen and oxygen atoms in total. The largest absolute Gasteiger partial charge is 0.327 e. The maximum absolute atomic E-state index is 5.72. The number of nitrogens with two attached hydrogens (primary N) is 1. The Kier molecular flexibility index (Phi) is 3.69. The second kappa shape index (κ2) is 4.33. The second-order valence-corrected chi connectivity index (χ2v) is 4.96. The molecule has 0 bridgehead atoms. The molecule has 0 amide bonds. The zero-order chi connectivity index (χ0) is 8.27. The molecule has 66 valence electrons. The van der Waals surface area contributed by atoms with Crippen molar-refractivity contribution in [2.24, 2.45) is 5.73 Å². The SMILES string of the molecule is CC1CN(C[C@H](C)N)CCS1. The van der Waals surface area contributed by atoms with E-state index in [-0.39, 0.29) is 0 Å². The Hall–Kier alpha value is 0.270. The van der Waals surface area contributed by atoms with Gasteiger partial charge in [0.1, 0.15) is 0 Å². The first-order valence-corrected chi connectivity index (χ1v) is 5.33.